The Morgan fingerprint density at radius 2 is 2.00 bits per heavy atom. The first-order valence-corrected chi connectivity index (χ1v) is 7.98. The van der Waals surface area contributed by atoms with Crippen molar-refractivity contribution in [3.63, 3.8) is 0 Å². The lowest BCUT2D eigenvalue weighted by Gasteiger charge is -2.17. The molecule has 0 fully saturated rings. The molecule has 1 aromatic carbocycles. The van der Waals surface area contributed by atoms with Crippen LogP contribution in [0, 0.1) is 12.7 Å². The third-order valence-electron chi connectivity index (χ3n) is 3.92. The van der Waals surface area contributed by atoms with Gasteiger partial charge < -0.3 is 4.57 Å². The molecule has 0 atom stereocenters. The number of fused-ring (bicyclic) bond motifs is 1. The van der Waals surface area contributed by atoms with Crippen molar-refractivity contribution in [1.29, 1.82) is 0 Å². The van der Waals surface area contributed by atoms with Crippen LogP contribution in [-0.4, -0.2) is 10.3 Å². The van der Waals surface area contributed by atoms with Gasteiger partial charge in [0.1, 0.15) is 5.82 Å². The Morgan fingerprint density at radius 3 is 2.70 bits per heavy atom. The van der Waals surface area contributed by atoms with E-state index in [4.69, 9.17) is 0 Å². The van der Waals surface area contributed by atoms with Gasteiger partial charge in [0.05, 0.1) is 10.6 Å². The number of pyridine rings is 1. The van der Waals surface area contributed by atoms with E-state index in [2.05, 4.69) is 0 Å². The molecule has 0 unspecified atom stereocenters. The molecule has 0 saturated heterocycles. The van der Waals surface area contributed by atoms with Crippen LogP contribution in [0.4, 0.5) is 17.6 Å². The van der Waals surface area contributed by atoms with Gasteiger partial charge in [0.15, 0.2) is 0 Å². The summed E-state index contributed by atoms with van der Waals surface area (Å²) in [7, 11) is 0. The average Bonchev–Trinajstić information content (AvgIpc) is 2.93. The summed E-state index contributed by atoms with van der Waals surface area (Å²) in [5, 5.41) is 0.645. The Kier molecular flexibility index (Phi) is 4.00. The Morgan fingerprint density at radius 1 is 1.26 bits per heavy atom. The van der Waals surface area contributed by atoms with Crippen LogP contribution in [0.3, 0.4) is 0 Å². The number of nitrogens with zero attached hydrogens (tertiary/aromatic N) is 1. The maximum Gasteiger partial charge on any atom is 0.416 e. The first kappa shape index (κ1) is 16.1. The molecule has 0 saturated carbocycles. The van der Waals surface area contributed by atoms with Crippen molar-refractivity contribution in [2.24, 2.45) is 0 Å². The van der Waals surface area contributed by atoms with E-state index < -0.39 is 17.6 Å². The molecule has 122 valence electrons. The van der Waals surface area contributed by atoms with Gasteiger partial charge >= 0.3 is 6.18 Å². The number of thioether (sulfide) groups is 1. The van der Waals surface area contributed by atoms with E-state index in [1.807, 2.05) is 0 Å². The summed E-state index contributed by atoms with van der Waals surface area (Å²) in [6.07, 6.45) is -4.80. The lowest BCUT2D eigenvalue weighted by atomic mass is 9.97. The zero-order chi connectivity index (χ0) is 16.8. The molecule has 0 amide bonds. The highest BCUT2D eigenvalue weighted by Gasteiger charge is 2.35. The van der Waals surface area contributed by atoms with E-state index in [1.54, 1.807) is 11.5 Å². The fourth-order valence-corrected chi connectivity index (χ4v) is 4.00. The van der Waals surface area contributed by atoms with Crippen LogP contribution in [0.2, 0.25) is 0 Å². The van der Waals surface area contributed by atoms with Gasteiger partial charge in [-0.2, -0.15) is 13.2 Å². The van der Waals surface area contributed by atoms with Crippen LogP contribution >= 0.6 is 11.8 Å². The van der Waals surface area contributed by atoms with Crippen molar-refractivity contribution in [3.05, 3.63) is 62.7 Å². The van der Waals surface area contributed by atoms with Crippen molar-refractivity contribution < 1.29 is 17.6 Å². The van der Waals surface area contributed by atoms with Gasteiger partial charge in [0, 0.05) is 30.3 Å². The summed E-state index contributed by atoms with van der Waals surface area (Å²) in [5.41, 5.74) is -0.340. The molecule has 0 bridgehead atoms. The van der Waals surface area contributed by atoms with Crippen molar-refractivity contribution in [2.45, 2.75) is 31.1 Å². The van der Waals surface area contributed by atoms with Gasteiger partial charge in [-0.15, -0.1) is 11.8 Å². The number of benzene rings is 1. The summed E-state index contributed by atoms with van der Waals surface area (Å²) in [6, 6.07) is 4.38. The zero-order valence-electron chi connectivity index (χ0n) is 12.2. The summed E-state index contributed by atoms with van der Waals surface area (Å²) in [6.45, 7) is 2.19. The molecule has 2 aromatic rings. The van der Waals surface area contributed by atoms with Gasteiger partial charge in [-0.05, 0) is 30.2 Å². The summed E-state index contributed by atoms with van der Waals surface area (Å²) in [5.74, 6) is -0.193. The molecule has 1 aliphatic heterocycles. The number of aromatic nitrogens is 1. The van der Waals surface area contributed by atoms with E-state index in [9.17, 15) is 22.4 Å². The minimum atomic E-state index is -4.62. The van der Waals surface area contributed by atoms with Gasteiger partial charge in [-0.1, -0.05) is 6.07 Å². The molecule has 0 aliphatic carbocycles. The van der Waals surface area contributed by atoms with Crippen LogP contribution in [0.15, 0.2) is 34.1 Å². The molecule has 2 heterocycles. The molecule has 0 radical (unpaired) electrons. The Labute approximate surface area is 134 Å². The number of halogens is 4. The van der Waals surface area contributed by atoms with Crippen LogP contribution in [0.5, 0.6) is 0 Å². The van der Waals surface area contributed by atoms with Crippen LogP contribution in [-0.2, 0) is 19.1 Å². The maximum atomic E-state index is 14.1. The van der Waals surface area contributed by atoms with Crippen LogP contribution in [0.1, 0.15) is 22.3 Å². The first-order chi connectivity index (χ1) is 10.8. The average molecular weight is 343 g/mol. The molecule has 7 heteroatoms. The highest BCUT2D eigenvalue weighted by molar-refractivity contribution is 7.99. The lowest BCUT2D eigenvalue weighted by Crippen LogP contribution is -2.21. The van der Waals surface area contributed by atoms with E-state index in [1.165, 1.54) is 17.8 Å². The molecular weight excluding hydrogens is 330 g/mol. The van der Waals surface area contributed by atoms with Gasteiger partial charge in [0.2, 0.25) is 0 Å². The highest BCUT2D eigenvalue weighted by atomic mass is 32.2. The highest BCUT2D eigenvalue weighted by Crippen LogP contribution is 2.36. The number of rotatable bonds is 2. The SMILES string of the molecule is Cc1cc(=O)n2c(c1Cc1c(F)cccc1C(F)(F)F)SCC2. The lowest BCUT2D eigenvalue weighted by molar-refractivity contribution is -0.138. The molecule has 1 aromatic heterocycles. The van der Waals surface area contributed by atoms with Crippen molar-refractivity contribution in [1.82, 2.24) is 4.57 Å². The molecule has 23 heavy (non-hydrogen) atoms. The first-order valence-electron chi connectivity index (χ1n) is 6.99. The van der Waals surface area contributed by atoms with Crippen molar-refractivity contribution in [2.75, 3.05) is 5.75 Å². The summed E-state index contributed by atoms with van der Waals surface area (Å²) in [4.78, 5) is 11.9. The van der Waals surface area contributed by atoms with Gasteiger partial charge in [-0.25, -0.2) is 4.39 Å². The van der Waals surface area contributed by atoms with Crippen LogP contribution in [0.25, 0.3) is 0 Å². The predicted octanol–water partition coefficient (Wildman–Crippen LogP) is 4.01. The third kappa shape index (κ3) is 2.89. The molecular formula is C16H13F4NOS. The third-order valence-corrected chi connectivity index (χ3v) is 5.04. The topological polar surface area (TPSA) is 22.0 Å². The molecule has 0 spiro atoms. The maximum absolute atomic E-state index is 14.1. The Bertz CT molecular complexity index is 826. The van der Waals surface area contributed by atoms with Crippen molar-refractivity contribution in [3.8, 4) is 0 Å². The zero-order valence-corrected chi connectivity index (χ0v) is 13.0. The number of hydrogen-bond donors (Lipinski definition) is 0. The molecule has 0 N–H and O–H groups in total. The Hall–Kier alpha value is -1.76. The second-order valence-electron chi connectivity index (χ2n) is 5.39. The normalized spacial score (nSPS) is 14.1. The predicted molar refractivity (Wildman–Crippen MR) is 80.4 cm³/mol. The fourth-order valence-electron chi connectivity index (χ4n) is 2.79. The quantitative estimate of drug-likeness (QED) is 0.769. The largest absolute Gasteiger partial charge is 0.416 e. The fraction of sp³-hybridized carbons (Fsp3) is 0.312. The van der Waals surface area contributed by atoms with Crippen molar-refractivity contribution >= 4 is 11.8 Å². The van der Waals surface area contributed by atoms with E-state index in [0.717, 1.165) is 18.2 Å². The molecule has 1 aliphatic rings. The van der Waals surface area contributed by atoms with Gasteiger partial charge in [0.25, 0.3) is 5.56 Å². The second-order valence-corrected chi connectivity index (χ2v) is 6.47. The standard InChI is InChI=1S/C16H13F4NOS/c1-9-7-14(22)21-5-6-23-15(21)10(9)8-11-12(16(18,19)20)3-2-4-13(11)17/h2-4,7H,5-6,8H2,1H3. The monoisotopic (exact) mass is 343 g/mol. The number of alkyl halides is 3. The Balaban J connectivity index is 2.15. The smallest absolute Gasteiger partial charge is 0.302 e. The van der Waals surface area contributed by atoms with E-state index in [-0.39, 0.29) is 17.5 Å². The minimum absolute atomic E-state index is 0.171. The van der Waals surface area contributed by atoms with E-state index >= 15 is 0 Å². The summed E-state index contributed by atoms with van der Waals surface area (Å²) >= 11 is 1.42. The van der Waals surface area contributed by atoms with E-state index in [0.29, 0.717) is 28.5 Å². The number of hydrogen-bond acceptors (Lipinski definition) is 2. The second kappa shape index (κ2) is 5.70. The van der Waals surface area contributed by atoms with Crippen LogP contribution < -0.4 is 5.56 Å². The van der Waals surface area contributed by atoms with Gasteiger partial charge in [-0.3, -0.25) is 4.79 Å². The minimum Gasteiger partial charge on any atom is -0.302 e. The molecule has 3 rings (SSSR count). The number of aryl methyl sites for hydroxylation is 1. The molecule has 2 nitrogen and oxygen atoms in total. The summed E-state index contributed by atoms with van der Waals surface area (Å²) < 4.78 is 55.0.